The van der Waals surface area contributed by atoms with Crippen molar-refractivity contribution in [3.05, 3.63) is 47.5 Å². The molecule has 2 atom stereocenters. The van der Waals surface area contributed by atoms with Crippen molar-refractivity contribution in [3.8, 4) is 0 Å². The van der Waals surface area contributed by atoms with Gasteiger partial charge in [0, 0.05) is 19.0 Å². The molecule has 1 aliphatic carbocycles. The minimum atomic E-state index is -0.331. The van der Waals surface area contributed by atoms with Crippen LogP contribution in [-0.2, 0) is 11.3 Å². The highest BCUT2D eigenvalue weighted by Crippen LogP contribution is 2.33. The Hall–Kier alpha value is -1.81. The molecule has 1 saturated heterocycles. The highest BCUT2D eigenvalue weighted by Gasteiger charge is 2.36. The largest absolute Gasteiger partial charge is 0.445 e. The number of rotatable bonds is 2. The lowest BCUT2D eigenvalue weighted by molar-refractivity contribution is 0.101. The smallest absolute Gasteiger partial charge is 0.410 e. The van der Waals surface area contributed by atoms with Crippen LogP contribution in [0.1, 0.15) is 12.0 Å². The molecule has 3 rings (SSSR count). The summed E-state index contributed by atoms with van der Waals surface area (Å²) in [5.41, 5.74) is 2.16. The maximum atomic E-state index is 11.9. The summed E-state index contributed by atoms with van der Waals surface area (Å²) >= 11 is 0. The van der Waals surface area contributed by atoms with Crippen LogP contribution in [0.25, 0.3) is 0 Å². The third kappa shape index (κ3) is 2.63. The van der Waals surface area contributed by atoms with E-state index in [0.29, 0.717) is 25.6 Å². The maximum absolute atomic E-state index is 11.9. The molecule has 2 aliphatic rings. The molecule has 0 spiro atoms. The van der Waals surface area contributed by atoms with E-state index in [4.69, 9.17) is 4.74 Å². The van der Waals surface area contributed by atoms with E-state index in [0.717, 1.165) is 12.0 Å². The molecule has 0 aromatic heterocycles. The predicted octanol–water partition coefficient (Wildman–Crippen LogP) is 1.95. The number of aliphatic hydroxyl groups excluding tert-OH is 1. The molecule has 0 unspecified atom stereocenters. The Morgan fingerprint density at radius 2 is 2.16 bits per heavy atom. The summed E-state index contributed by atoms with van der Waals surface area (Å²) in [5, 5.41) is 9.50. The number of likely N-dealkylation sites (tertiary alicyclic amines) is 1. The van der Waals surface area contributed by atoms with Crippen LogP contribution in [0.4, 0.5) is 4.79 Å². The lowest BCUT2D eigenvalue weighted by Crippen LogP contribution is -2.30. The molecular formula is C15H17NO3. The normalized spacial score (nSPS) is 25.1. The van der Waals surface area contributed by atoms with Crippen molar-refractivity contribution in [1.82, 2.24) is 4.90 Å². The van der Waals surface area contributed by atoms with Crippen LogP contribution in [0.3, 0.4) is 0 Å². The number of amides is 1. The van der Waals surface area contributed by atoms with Gasteiger partial charge in [0.2, 0.25) is 0 Å². The van der Waals surface area contributed by atoms with E-state index in [-0.39, 0.29) is 12.2 Å². The van der Waals surface area contributed by atoms with Crippen LogP contribution >= 0.6 is 0 Å². The Morgan fingerprint density at radius 1 is 1.37 bits per heavy atom. The number of carbonyl (C=O) groups is 1. The lowest BCUT2D eigenvalue weighted by atomic mass is 10.1. The lowest BCUT2D eigenvalue weighted by Gasteiger charge is -2.16. The molecule has 19 heavy (non-hydrogen) atoms. The molecule has 1 heterocycles. The molecule has 0 radical (unpaired) electrons. The highest BCUT2D eigenvalue weighted by atomic mass is 16.6. The van der Waals surface area contributed by atoms with E-state index in [1.165, 1.54) is 5.57 Å². The minimum absolute atomic E-state index is 0.270. The second-order valence-corrected chi connectivity index (χ2v) is 5.16. The fourth-order valence-electron chi connectivity index (χ4n) is 2.77. The van der Waals surface area contributed by atoms with Gasteiger partial charge in [0.1, 0.15) is 6.61 Å². The number of fused-ring (bicyclic) bond motifs is 1. The number of carbonyl (C=O) groups excluding carboxylic acids is 1. The van der Waals surface area contributed by atoms with Crippen LogP contribution in [0, 0.1) is 5.92 Å². The van der Waals surface area contributed by atoms with Crippen molar-refractivity contribution >= 4 is 6.09 Å². The second kappa shape index (κ2) is 5.05. The van der Waals surface area contributed by atoms with Gasteiger partial charge in [-0.15, -0.1) is 0 Å². The summed E-state index contributed by atoms with van der Waals surface area (Å²) in [5.74, 6) is 0.319. The van der Waals surface area contributed by atoms with Gasteiger partial charge in [-0.25, -0.2) is 4.79 Å². The van der Waals surface area contributed by atoms with Crippen molar-refractivity contribution in [2.75, 3.05) is 13.1 Å². The molecule has 100 valence electrons. The molecule has 0 saturated carbocycles. The molecule has 1 amide bonds. The fourth-order valence-corrected chi connectivity index (χ4v) is 2.77. The van der Waals surface area contributed by atoms with E-state index in [1.807, 2.05) is 36.4 Å². The zero-order chi connectivity index (χ0) is 13.2. The van der Waals surface area contributed by atoms with E-state index < -0.39 is 0 Å². The third-order valence-electron chi connectivity index (χ3n) is 3.73. The van der Waals surface area contributed by atoms with Gasteiger partial charge in [-0.05, 0) is 17.6 Å². The SMILES string of the molecule is O=C(OCc1ccccc1)N1CC2=C[C@H](O)C[C@@H]2C1. The van der Waals surface area contributed by atoms with Crippen molar-refractivity contribution in [3.63, 3.8) is 0 Å². The first-order valence-electron chi connectivity index (χ1n) is 6.56. The van der Waals surface area contributed by atoms with Gasteiger partial charge < -0.3 is 14.7 Å². The van der Waals surface area contributed by atoms with E-state index in [2.05, 4.69) is 0 Å². The molecule has 4 heteroatoms. The van der Waals surface area contributed by atoms with Crippen LogP contribution < -0.4 is 0 Å². The summed E-state index contributed by atoms with van der Waals surface area (Å²) in [7, 11) is 0. The maximum Gasteiger partial charge on any atom is 0.410 e. The Balaban J connectivity index is 1.54. The van der Waals surface area contributed by atoms with Crippen LogP contribution in [0.2, 0.25) is 0 Å². The number of hydrogen-bond donors (Lipinski definition) is 1. The highest BCUT2D eigenvalue weighted by molar-refractivity contribution is 5.69. The molecular weight excluding hydrogens is 242 g/mol. The monoisotopic (exact) mass is 259 g/mol. The summed E-state index contributed by atoms with van der Waals surface area (Å²) in [6.07, 6.45) is 2.00. The molecule has 1 N–H and O–H groups in total. The Bertz CT molecular complexity index is 497. The van der Waals surface area contributed by atoms with Gasteiger partial charge in [-0.2, -0.15) is 0 Å². The molecule has 1 fully saturated rings. The first-order chi connectivity index (χ1) is 9.22. The topological polar surface area (TPSA) is 49.8 Å². The third-order valence-corrected chi connectivity index (χ3v) is 3.73. The predicted molar refractivity (Wildman–Crippen MR) is 70.4 cm³/mol. The zero-order valence-corrected chi connectivity index (χ0v) is 10.7. The van der Waals surface area contributed by atoms with Crippen molar-refractivity contribution in [2.45, 2.75) is 19.1 Å². The number of aliphatic hydroxyl groups is 1. The Labute approximate surface area is 112 Å². The summed E-state index contributed by atoms with van der Waals surface area (Å²) < 4.78 is 5.30. The van der Waals surface area contributed by atoms with Gasteiger partial charge in [-0.1, -0.05) is 36.4 Å². The summed E-state index contributed by atoms with van der Waals surface area (Å²) in [6.45, 7) is 1.56. The van der Waals surface area contributed by atoms with Gasteiger partial charge in [0.15, 0.2) is 0 Å². The second-order valence-electron chi connectivity index (χ2n) is 5.16. The molecule has 1 aromatic carbocycles. The molecule has 1 aromatic rings. The number of benzene rings is 1. The number of hydrogen-bond acceptors (Lipinski definition) is 3. The average Bonchev–Trinajstić information content (AvgIpc) is 2.94. The summed E-state index contributed by atoms with van der Waals surface area (Å²) in [6, 6.07) is 9.66. The molecule has 0 bridgehead atoms. The van der Waals surface area contributed by atoms with Gasteiger partial charge in [0.25, 0.3) is 0 Å². The van der Waals surface area contributed by atoms with E-state index in [9.17, 15) is 9.90 Å². The fraction of sp³-hybridized carbons (Fsp3) is 0.400. The van der Waals surface area contributed by atoms with Crippen LogP contribution in [-0.4, -0.2) is 35.3 Å². The van der Waals surface area contributed by atoms with Gasteiger partial charge in [-0.3, -0.25) is 0 Å². The first kappa shape index (κ1) is 12.2. The summed E-state index contributed by atoms with van der Waals surface area (Å²) in [4.78, 5) is 13.7. The molecule has 4 nitrogen and oxygen atoms in total. The zero-order valence-electron chi connectivity index (χ0n) is 10.7. The Kier molecular flexibility index (Phi) is 3.25. The van der Waals surface area contributed by atoms with Gasteiger partial charge >= 0.3 is 6.09 Å². The number of nitrogens with zero attached hydrogens (tertiary/aromatic N) is 1. The van der Waals surface area contributed by atoms with Crippen LogP contribution in [0.15, 0.2) is 42.0 Å². The number of ether oxygens (including phenoxy) is 1. The Morgan fingerprint density at radius 3 is 2.89 bits per heavy atom. The molecule has 1 aliphatic heterocycles. The standard InChI is InChI=1S/C15H17NO3/c17-14-6-12-8-16(9-13(12)7-14)15(18)19-10-11-4-2-1-3-5-11/h1-6,13-14,17H,7-10H2/t13-,14+/m1/s1. The quantitative estimate of drug-likeness (QED) is 0.826. The van der Waals surface area contributed by atoms with Crippen molar-refractivity contribution in [2.24, 2.45) is 5.92 Å². The first-order valence-corrected chi connectivity index (χ1v) is 6.56. The van der Waals surface area contributed by atoms with Crippen molar-refractivity contribution < 1.29 is 14.6 Å². The minimum Gasteiger partial charge on any atom is -0.445 e. The van der Waals surface area contributed by atoms with Crippen molar-refractivity contribution in [1.29, 1.82) is 0 Å². The van der Waals surface area contributed by atoms with E-state index >= 15 is 0 Å². The van der Waals surface area contributed by atoms with Crippen LogP contribution in [0.5, 0.6) is 0 Å². The average molecular weight is 259 g/mol. The van der Waals surface area contributed by atoms with Gasteiger partial charge in [0.05, 0.1) is 6.10 Å². The van der Waals surface area contributed by atoms with E-state index in [1.54, 1.807) is 4.90 Å².